The number of amides is 2. The van der Waals surface area contributed by atoms with E-state index in [-0.39, 0.29) is 24.8 Å². The number of ether oxygens (including phenoxy) is 1. The summed E-state index contributed by atoms with van der Waals surface area (Å²) in [4.78, 5) is 38.2. The Labute approximate surface area is 164 Å². The third-order valence-electron chi connectivity index (χ3n) is 4.36. The number of nitrogens with one attached hydrogen (secondary N) is 2. The number of aryl methyl sites for hydroxylation is 1. The number of halogens is 1. The molecule has 0 radical (unpaired) electrons. The average molecular weight is 396 g/mol. The van der Waals surface area contributed by atoms with Crippen molar-refractivity contribution in [2.24, 2.45) is 0 Å². The molecule has 1 unspecified atom stereocenters. The smallest absolute Gasteiger partial charge is 0.307 e. The van der Waals surface area contributed by atoms with Crippen molar-refractivity contribution >= 4 is 35.1 Å². The van der Waals surface area contributed by atoms with E-state index >= 15 is 0 Å². The number of esters is 1. The second-order valence-electron chi connectivity index (χ2n) is 6.57. The van der Waals surface area contributed by atoms with Crippen molar-refractivity contribution in [1.29, 1.82) is 0 Å². The molecule has 1 aliphatic rings. The predicted molar refractivity (Wildman–Crippen MR) is 104 cm³/mol. The van der Waals surface area contributed by atoms with Crippen molar-refractivity contribution in [1.82, 2.24) is 10.2 Å². The molecule has 1 atom stereocenters. The zero-order valence-electron chi connectivity index (χ0n) is 15.7. The van der Waals surface area contributed by atoms with E-state index in [0.717, 1.165) is 18.4 Å². The Morgan fingerprint density at radius 3 is 2.89 bits per heavy atom. The molecule has 1 saturated heterocycles. The second kappa shape index (κ2) is 10.3. The largest absolute Gasteiger partial charge is 0.466 e. The molecule has 1 aromatic carbocycles. The summed E-state index contributed by atoms with van der Waals surface area (Å²) in [6, 6.07) is 4.56. The van der Waals surface area contributed by atoms with Gasteiger partial charge in [-0.15, -0.1) is 0 Å². The maximum absolute atomic E-state index is 12.4. The standard InChI is InChI=1S/C19H26ClN3O4/c1-3-4-9-27-18(25)11-16-19(26)21-7-8-23(16)12-17(24)22-14-6-5-13(2)15(20)10-14/h5-6,10,16H,3-4,7-9,11-12H2,1-2H3,(H,21,26)(H,22,24). The minimum absolute atomic E-state index is 0.00578. The fraction of sp³-hybridized carbons (Fsp3) is 0.526. The lowest BCUT2D eigenvalue weighted by molar-refractivity contribution is -0.149. The Morgan fingerprint density at radius 1 is 1.41 bits per heavy atom. The summed E-state index contributed by atoms with van der Waals surface area (Å²) in [5.41, 5.74) is 1.51. The highest BCUT2D eigenvalue weighted by molar-refractivity contribution is 6.31. The molecule has 1 heterocycles. The Hall–Kier alpha value is -2.12. The highest BCUT2D eigenvalue weighted by atomic mass is 35.5. The first-order chi connectivity index (χ1) is 12.9. The van der Waals surface area contributed by atoms with Crippen molar-refractivity contribution in [3.8, 4) is 0 Å². The Balaban J connectivity index is 1.94. The van der Waals surface area contributed by atoms with Crippen LogP contribution >= 0.6 is 11.6 Å². The first kappa shape index (κ1) is 21.2. The molecule has 0 aromatic heterocycles. The SMILES string of the molecule is CCCCOC(=O)CC1C(=O)NCCN1CC(=O)Nc1ccc(C)c(Cl)c1. The number of nitrogens with zero attached hydrogens (tertiary/aromatic N) is 1. The van der Waals surface area contributed by atoms with Gasteiger partial charge in [-0.2, -0.15) is 0 Å². The predicted octanol–water partition coefficient (Wildman–Crippen LogP) is 2.12. The number of carbonyl (C=O) groups excluding carboxylic acids is 3. The van der Waals surface area contributed by atoms with Crippen LogP contribution in [0.4, 0.5) is 5.69 Å². The van der Waals surface area contributed by atoms with Crippen LogP contribution in [0.2, 0.25) is 5.02 Å². The molecule has 27 heavy (non-hydrogen) atoms. The minimum atomic E-state index is -0.708. The molecule has 0 aliphatic carbocycles. The van der Waals surface area contributed by atoms with E-state index in [1.54, 1.807) is 17.0 Å². The summed E-state index contributed by atoms with van der Waals surface area (Å²) in [5, 5.41) is 6.08. The van der Waals surface area contributed by atoms with Crippen LogP contribution in [0.15, 0.2) is 18.2 Å². The highest BCUT2D eigenvalue weighted by Gasteiger charge is 2.33. The minimum Gasteiger partial charge on any atom is -0.466 e. The van der Waals surface area contributed by atoms with Crippen LogP contribution in [0.5, 0.6) is 0 Å². The normalized spacial score (nSPS) is 17.3. The molecule has 0 spiro atoms. The number of hydrogen-bond donors (Lipinski definition) is 2. The Morgan fingerprint density at radius 2 is 2.19 bits per heavy atom. The van der Waals surface area contributed by atoms with Crippen LogP contribution in [0.1, 0.15) is 31.7 Å². The van der Waals surface area contributed by atoms with Crippen molar-refractivity contribution in [3.05, 3.63) is 28.8 Å². The van der Waals surface area contributed by atoms with E-state index in [1.807, 2.05) is 19.9 Å². The number of carbonyl (C=O) groups is 3. The fourth-order valence-corrected chi connectivity index (χ4v) is 2.96. The van der Waals surface area contributed by atoms with E-state index in [9.17, 15) is 14.4 Å². The van der Waals surface area contributed by atoms with E-state index in [2.05, 4.69) is 10.6 Å². The summed E-state index contributed by atoms with van der Waals surface area (Å²) in [5.74, 6) is -0.963. The van der Waals surface area contributed by atoms with E-state index < -0.39 is 12.0 Å². The summed E-state index contributed by atoms with van der Waals surface area (Å²) in [7, 11) is 0. The Kier molecular flexibility index (Phi) is 8.06. The highest BCUT2D eigenvalue weighted by Crippen LogP contribution is 2.20. The van der Waals surface area contributed by atoms with Crippen LogP contribution in [0, 0.1) is 6.92 Å². The third-order valence-corrected chi connectivity index (χ3v) is 4.77. The summed E-state index contributed by atoms with van der Waals surface area (Å²) in [6.45, 7) is 5.16. The number of unbranched alkanes of at least 4 members (excludes halogenated alkanes) is 1. The first-order valence-corrected chi connectivity index (χ1v) is 9.52. The van der Waals surface area contributed by atoms with Crippen molar-refractivity contribution < 1.29 is 19.1 Å². The zero-order valence-corrected chi connectivity index (χ0v) is 16.5. The summed E-state index contributed by atoms with van der Waals surface area (Å²) >= 11 is 6.07. The quantitative estimate of drug-likeness (QED) is 0.520. The molecule has 0 saturated carbocycles. The fourth-order valence-electron chi connectivity index (χ4n) is 2.78. The van der Waals surface area contributed by atoms with Gasteiger partial charge in [0, 0.05) is 23.8 Å². The molecule has 0 bridgehead atoms. The van der Waals surface area contributed by atoms with Gasteiger partial charge in [-0.3, -0.25) is 19.3 Å². The lowest BCUT2D eigenvalue weighted by Gasteiger charge is -2.33. The lowest BCUT2D eigenvalue weighted by Crippen LogP contribution is -2.57. The molecule has 1 aromatic rings. The third kappa shape index (κ3) is 6.52. The Bertz CT molecular complexity index is 696. The van der Waals surface area contributed by atoms with E-state index in [0.29, 0.717) is 30.4 Å². The monoisotopic (exact) mass is 395 g/mol. The average Bonchev–Trinajstić information content (AvgIpc) is 2.61. The maximum atomic E-state index is 12.4. The van der Waals surface area contributed by atoms with Crippen LogP contribution < -0.4 is 10.6 Å². The van der Waals surface area contributed by atoms with Crippen LogP contribution in [0.3, 0.4) is 0 Å². The van der Waals surface area contributed by atoms with Crippen LogP contribution in [-0.4, -0.2) is 55.0 Å². The van der Waals surface area contributed by atoms with E-state index in [4.69, 9.17) is 16.3 Å². The number of piperazine rings is 1. The molecule has 2 rings (SSSR count). The molecule has 7 nitrogen and oxygen atoms in total. The van der Waals surface area contributed by atoms with Crippen LogP contribution in [-0.2, 0) is 19.1 Å². The van der Waals surface area contributed by atoms with Gasteiger partial charge in [0.1, 0.15) is 6.04 Å². The van der Waals surface area contributed by atoms with E-state index in [1.165, 1.54) is 0 Å². The number of anilines is 1. The van der Waals surface area contributed by atoms with Gasteiger partial charge in [0.25, 0.3) is 0 Å². The zero-order chi connectivity index (χ0) is 19.8. The van der Waals surface area contributed by atoms with Crippen molar-refractivity contribution in [2.75, 3.05) is 31.6 Å². The maximum Gasteiger partial charge on any atom is 0.307 e. The lowest BCUT2D eigenvalue weighted by atomic mass is 10.1. The number of benzene rings is 1. The topological polar surface area (TPSA) is 87.7 Å². The number of hydrogen-bond acceptors (Lipinski definition) is 5. The van der Waals surface area contributed by atoms with Crippen LogP contribution in [0.25, 0.3) is 0 Å². The molecule has 8 heteroatoms. The van der Waals surface area contributed by atoms with Gasteiger partial charge in [-0.05, 0) is 31.0 Å². The van der Waals surface area contributed by atoms with Gasteiger partial charge in [0.05, 0.1) is 19.6 Å². The molecule has 1 fully saturated rings. The van der Waals surface area contributed by atoms with Gasteiger partial charge < -0.3 is 15.4 Å². The number of rotatable bonds is 8. The van der Waals surface area contributed by atoms with Gasteiger partial charge in [0.15, 0.2) is 0 Å². The molecule has 148 valence electrons. The summed E-state index contributed by atoms with van der Waals surface area (Å²) < 4.78 is 5.15. The van der Waals surface area contributed by atoms with Gasteiger partial charge in [-0.25, -0.2) is 0 Å². The van der Waals surface area contributed by atoms with Gasteiger partial charge >= 0.3 is 5.97 Å². The van der Waals surface area contributed by atoms with Crippen molar-refractivity contribution in [3.63, 3.8) is 0 Å². The van der Waals surface area contributed by atoms with Crippen molar-refractivity contribution in [2.45, 2.75) is 39.2 Å². The summed E-state index contributed by atoms with van der Waals surface area (Å²) in [6.07, 6.45) is 1.64. The molecular formula is C19H26ClN3O4. The molecule has 2 amide bonds. The molecule has 1 aliphatic heterocycles. The first-order valence-electron chi connectivity index (χ1n) is 9.14. The second-order valence-corrected chi connectivity index (χ2v) is 6.97. The molecule has 2 N–H and O–H groups in total. The molecular weight excluding hydrogens is 370 g/mol. The van der Waals surface area contributed by atoms with Gasteiger partial charge in [-0.1, -0.05) is 31.0 Å². The van der Waals surface area contributed by atoms with Gasteiger partial charge in [0.2, 0.25) is 11.8 Å².